The molecule has 2 aromatic rings. The number of nitrogens with zero attached hydrogens (tertiary/aromatic N) is 3. The molecule has 136 valence electrons. The van der Waals surface area contributed by atoms with Crippen LogP contribution in [0.3, 0.4) is 0 Å². The topological polar surface area (TPSA) is 88.1 Å². The van der Waals surface area contributed by atoms with E-state index in [4.69, 9.17) is 0 Å². The average Bonchev–Trinajstić information content (AvgIpc) is 3.49. The number of carbonyl (C=O) groups is 1. The van der Waals surface area contributed by atoms with Crippen LogP contribution in [0.1, 0.15) is 47.7 Å². The van der Waals surface area contributed by atoms with Crippen molar-refractivity contribution < 1.29 is 4.79 Å². The van der Waals surface area contributed by atoms with Gasteiger partial charge in [-0.1, -0.05) is 0 Å². The smallest absolute Gasteiger partial charge is 0.266 e. The molecule has 0 aromatic carbocycles. The Morgan fingerprint density at radius 1 is 1.08 bits per heavy atom. The van der Waals surface area contributed by atoms with E-state index in [0.29, 0.717) is 37.0 Å². The zero-order chi connectivity index (χ0) is 18.1. The summed E-state index contributed by atoms with van der Waals surface area (Å²) in [5.41, 5.74) is 1.25. The van der Waals surface area contributed by atoms with Gasteiger partial charge in [0.05, 0.1) is 11.3 Å². The number of hydrogen-bond donors (Lipinski definition) is 1. The van der Waals surface area contributed by atoms with Gasteiger partial charge in [0.1, 0.15) is 0 Å². The van der Waals surface area contributed by atoms with E-state index in [1.165, 1.54) is 12.3 Å². The van der Waals surface area contributed by atoms with Crippen LogP contribution in [-0.2, 0) is 6.54 Å². The van der Waals surface area contributed by atoms with Gasteiger partial charge in [-0.05, 0) is 43.7 Å². The van der Waals surface area contributed by atoms with E-state index in [1.54, 1.807) is 21.7 Å². The molecule has 3 heterocycles. The molecule has 1 saturated heterocycles. The normalized spacial score (nSPS) is 18.1. The first-order valence-electron chi connectivity index (χ1n) is 9.16. The zero-order valence-electron chi connectivity index (χ0n) is 14.6. The van der Waals surface area contributed by atoms with E-state index in [2.05, 4.69) is 10.1 Å². The van der Waals surface area contributed by atoms with Crippen LogP contribution < -0.4 is 11.1 Å². The van der Waals surface area contributed by atoms with Crippen LogP contribution in [0.15, 0.2) is 40.1 Å². The molecule has 26 heavy (non-hydrogen) atoms. The second-order valence-electron chi connectivity index (χ2n) is 7.23. The van der Waals surface area contributed by atoms with Gasteiger partial charge in [-0.15, -0.1) is 0 Å². The van der Waals surface area contributed by atoms with E-state index >= 15 is 0 Å². The molecule has 7 nitrogen and oxygen atoms in total. The summed E-state index contributed by atoms with van der Waals surface area (Å²) < 4.78 is 1.59. The first-order valence-corrected chi connectivity index (χ1v) is 9.16. The van der Waals surface area contributed by atoms with E-state index in [-0.39, 0.29) is 17.0 Å². The molecular formula is C19H22N4O3. The van der Waals surface area contributed by atoms with E-state index < -0.39 is 0 Å². The standard InChI is InChI=1S/C19H22N4O3/c24-17-5-3-15(11-20-17)19(26)22-9-7-13(8-10-22)12-23-18(25)6-4-16(21-23)14-1-2-14/h3-6,11,13-14H,1-2,7-10,12H2,(H,20,24). The molecule has 0 bridgehead atoms. The highest BCUT2D eigenvalue weighted by Crippen LogP contribution is 2.38. The Morgan fingerprint density at radius 2 is 1.85 bits per heavy atom. The summed E-state index contributed by atoms with van der Waals surface area (Å²) >= 11 is 0. The minimum absolute atomic E-state index is 0.0545. The molecule has 1 aliphatic heterocycles. The van der Waals surface area contributed by atoms with E-state index in [0.717, 1.165) is 31.4 Å². The van der Waals surface area contributed by atoms with E-state index in [1.807, 2.05) is 6.07 Å². The lowest BCUT2D eigenvalue weighted by Crippen LogP contribution is -2.40. The summed E-state index contributed by atoms with van der Waals surface area (Å²) in [6.45, 7) is 1.92. The van der Waals surface area contributed by atoms with Crippen molar-refractivity contribution >= 4 is 5.91 Å². The number of pyridine rings is 1. The Bertz CT molecular complexity index is 900. The Hall–Kier alpha value is -2.70. The number of aromatic nitrogens is 3. The third kappa shape index (κ3) is 3.61. The highest BCUT2D eigenvalue weighted by molar-refractivity contribution is 5.93. The lowest BCUT2D eigenvalue weighted by Gasteiger charge is -2.32. The van der Waals surface area contributed by atoms with Crippen LogP contribution in [0, 0.1) is 5.92 Å². The number of likely N-dealkylation sites (tertiary alicyclic amines) is 1. The maximum absolute atomic E-state index is 12.5. The molecule has 1 aliphatic carbocycles. The molecule has 2 aliphatic rings. The summed E-state index contributed by atoms with van der Waals surface area (Å²) in [5.74, 6) is 0.804. The zero-order valence-corrected chi connectivity index (χ0v) is 14.6. The van der Waals surface area contributed by atoms with Gasteiger partial charge in [-0.2, -0.15) is 5.10 Å². The van der Waals surface area contributed by atoms with Crippen molar-refractivity contribution in [2.75, 3.05) is 13.1 Å². The number of piperidine rings is 1. The summed E-state index contributed by atoms with van der Waals surface area (Å²) in [4.78, 5) is 40.0. The minimum Gasteiger partial charge on any atom is -0.339 e. The number of nitrogens with one attached hydrogen (secondary N) is 1. The van der Waals surface area contributed by atoms with Gasteiger partial charge in [0.25, 0.3) is 11.5 Å². The number of hydrogen-bond acceptors (Lipinski definition) is 4. The Balaban J connectivity index is 1.37. The molecule has 7 heteroatoms. The SMILES string of the molecule is O=C(c1ccc(=O)[nH]c1)N1CCC(Cn2nc(C3CC3)ccc2=O)CC1. The molecule has 2 fully saturated rings. The maximum atomic E-state index is 12.5. The van der Waals surface area contributed by atoms with Gasteiger partial charge in [0.2, 0.25) is 5.56 Å². The number of amides is 1. The molecule has 0 spiro atoms. The van der Waals surface area contributed by atoms with Gasteiger partial charge in [-0.25, -0.2) is 4.68 Å². The maximum Gasteiger partial charge on any atom is 0.266 e. The van der Waals surface area contributed by atoms with Crippen LogP contribution in [-0.4, -0.2) is 38.7 Å². The van der Waals surface area contributed by atoms with Gasteiger partial charge < -0.3 is 9.88 Å². The Kier molecular flexibility index (Phi) is 4.44. The van der Waals surface area contributed by atoms with Crippen molar-refractivity contribution in [1.82, 2.24) is 19.7 Å². The highest BCUT2D eigenvalue weighted by Gasteiger charge is 2.27. The van der Waals surface area contributed by atoms with E-state index in [9.17, 15) is 14.4 Å². The number of carbonyl (C=O) groups excluding carboxylic acids is 1. The lowest BCUT2D eigenvalue weighted by molar-refractivity contribution is 0.0680. The first-order chi connectivity index (χ1) is 12.6. The predicted molar refractivity (Wildman–Crippen MR) is 96.2 cm³/mol. The van der Waals surface area contributed by atoms with Crippen molar-refractivity contribution in [1.29, 1.82) is 0 Å². The molecule has 0 atom stereocenters. The number of rotatable bonds is 4. The molecule has 4 rings (SSSR count). The molecule has 0 radical (unpaired) electrons. The summed E-state index contributed by atoms with van der Waals surface area (Å²) in [6.07, 6.45) is 5.48. The third-order valence-electron chi connectivity index (χ3n) is 5.25. The van der Waals surface area contributed by atoms with Gasteiger partial charge in [0, 0.05) is 43.9 Å². The highest BCUT2D eigenvalue weighted by atomic mass is 16.2. The molecular weight excluding hydrogens is 332 g/mol. The fourth-order valence-electron chi connectivity index (χ4n) is 3.48. The monoisotopic (exact) mass is 354 g/mol. The van der Waals surface area contributed by atoms with Crippen LogP contribution in [0.5, 0.6) is 0 Å². The molecule has 2 aromatic heterocycles. The fraction of sp³-hybridized carbons (Fsp3) is 0.474. The van der Waals surface area contributed by atoms with Crippen molar-refractivity contribution in [3.8, 4) is 0 Å². The Morgan fingerprint density at radius 3 is 2.50 bits per heavy atom. The average molecular weight is 354 g/mol. The van der Waals surface area contributed by atoms with Gasteiger partial charge in [-0.3, -0.25) is 14.4 Å². The van der Waals surface area contributed by atoms with Crippen molar-refractivity contribution in [2.24, 2.45) is 5.92 Å². The molecule has 1 amide bonds. The molecule has 1 N–H and O–H groups in total. The molecule has 1 saturated carbocycles. The van der Waals surface area contributed by atoms with Crippen LogP contribution >= 0.6 is 0 Å². The third-order valence-corrected chi connectivity index (χ3v) is 5.25. The van der Waals surface area contributed by atoms with Crippen LogP contribution in [0.2, 0.25) is 0 Å². The summed E-state index contributed by atoms with van der Waals surface area (Å²) in [5, 5.41) is 4.53. The Labute approximate surface area is 150 Å². The minimum atomic E-state index is -0.216. The fourth-order valence-corrected chi connectivity index (χ4v) is 3.48. The molecule has 0 unspecified atom stereocenters. The van der Waals surface area contributed by atoms with Crippen molar-refractivity contribution in [3.05, 3.63) is 62.4 Å². The predicted octanol–water partition coefficient (Wildman–Crippen LogP) is 1.36. The van der Waals surface area contributed by atoms with Crippen LogP contribution in [0.25, 0.3) is 0 Å². The largest absolute Gasteiger partial charge is 0.339 e. The van der Waals surface area contributed by atoms with Crippen molar-refractivity contribution in [3.63, 3.8) is 0 Å². The summed E-state index contributed by atoms with van der Waals surface area (Å²) in [7, 11) is 0. The van der Waals surface area contributed by atoms with Gasteiger partial charge in [0.15, 0.2) is 0 Å². The first kappa shape index (κ1) is 16.8. The number of aromatic amines is 1. The number of H-pyrrole nitrogens is 1. The second-order valence-corrected chi connectivity index (χ2v) is 7.23. The quantitative estimate of drug-likeness (QED) is 0.898. The second kappa shape index (κ2) is 6.90. The summed E-state index contributed by atoms with van der Waals surface area (Å²) in [6, 6.07) is 6.39. The van der Waals surface area contributed by atoms with Crippen LogP contribution in [0.4, 0.5) is 0 Å². The van der Waals surface area contributed by atoms with Crippen molar-refractivity contribution in [2.45, 2.75) is 38.1 Å². The van der Waals surface area contributed by atoms with Gasteiger partial charge >= 0.3 is 0 Å². The lowest BCUT2D eigenvalue weighted by atomic mass is 9.96.